The van der Waals surface area contributed by atoms with Crippen LogP contribution in [0.4, 0.5) is 5.13 Å². The molecule has 1 saturated heterocycles. The molecule has 22 heavy (non-hydrogen) atoms. The van der Waals surface area contributed by atoms with Gasteiger partial charge >= 0.3 is 0 Å². The van der Waals surface area contributed by atoms with Gasteiger partial charge in [0.25, 0.3) is 0 Å². The molecule has 0 saturated carbocycles. The highest BCUT2D eigenvalue weighted by atomic mass is 32.2. The van der Waals surface area contributed by atoms with Gasteiger partial charge in [0, 0.05) is 25.0 Å². The molecule has 1 fully saturated rings. The molecule has 118 valence electrons. The average molecular weight is 338 g/mol. The van der Waals surface area contributed by atoms with Crippen LogP contribution in [0.25, 0.3) is 0 Å². The SMILES string of the molecule is COc1cccc(CSc2nnc(NC[C@@H]3CCCO3)s2)n1. The monoisotopic (exact) mass is 338 g/mol. The summed E-state index contributed by atoms with van der Waals surface area (Å²) in [5.74, 6) is 1.38. The number of ether oxygens (including phenoxy) is 2. The number of hydrogen-bond acceptors (Lipinski definition) is 8. The summed E-state index contributed by atoms with van der Waals surface area (Å²) in [6.45, 7) is 1.67. The summed E-state index contributed by atoms with van der Waals surface area (Å²) in [5.41, 5.74) is 0.966. The molecule has 0 aliphatic carbocycles. The fourth-order valence-corrected chi connectivity index (χ4v) is 3.80. The second-order valence-electron chi connectivity index (χ2n) is 4.85. The predicted molar refractivity (Wildman–Crippen MR) is 87.7 cm³/mol. The maximum atomic E-state index is 5.58. The first-order valence-electron chi connectivity index (χ1n) is 7.15. The molecule has 2 aromatic rings. The molecule has 1 aliphatic heterocycles. The zero-order chi connectivity index (χ0) is 15.2. The van der Waals surface area contributed by atoms with E-state index in [4.69, 9.17) is 9.47 Å². The van der Waals surface area contributed by atoms with Gasteiger partial charge in [-0.3, -0.25) is 0 Å². The molecule has 1 atom stereocenters. The van der Waals surface area contributed by atoms with Gasteiger partial charge in [-0.15, -0.1) is 10.2 Å². The van der Waals surface area contributed by atoms with Gasteiger partial charge in [0.05, 0.1) is 18.9 Å². The van der Waals surface area contributed by atoms with E-state index >= 15 is 0 Å². The van der Waals surface area contributed by atoms with Gasteiger partial charge in [0.1, 0.15) is 0 Å². The summed E-state index contributed by atoms with van der Waals surface area (Å²) in [6, 6.07) is 5.76. The van der Waals surface area contributed by atoms with Crippen molar-refractivity contribution in [3.8, 4) is 5.88 Å². The lowest BCUT2D eigenvalue weighted by molar-refractivity contribution is 0.120. The average Bonchev–Trinajstić information content (AvgIpc) is 3.22. The van der Waals surface area contributed by atoms with Crippen LogP contribution in [0, 0.1) is 0 Å². The van der Waals surface area contributed by atoms with Crippen molar-refractivity contribution in [1.82, 2.24) is 15.2 Å². The quantitative estimate of drug-likeness (QED) is 0.778. The fourth-order valence-electron chi connectivity index (χ4n) is 2.13. The molecule has 0 aromatic carbocycles. The van der Waals surface area contributed by atoms with Crippen molar-refractivity contribution in [2.75, 3.05) is 25.6 Å². The molecule has 6 nitrogen and oxygen atoms in total. The molecule has 3 heterocycles. The van der Waals surface area contributed by atoms with Crippen molar-refractivity contribution < 1.29 is 9.47 Å². The van der Waals surface area contributed by atoms with Crippen molar-refractivity contribution in [3.63, 3.8) is 0 Å². The Hall–Kier alpha value is -1.38. The molecule has 1 N–H and O–H groups in total. The molecule has 0 radical (unpaired) electrons. The topological polar surface area (TPSA) is 69.2 Å². The third-order valence-electron chi connectivity index (χ3n) is 3.25. The van der Waals surface area contributed by atoms with Gasteiger partial charge in [0.15, 0.2) is 4.34 Å². The Morgan fingerprint density at radius 3 is 3.23 bits per heavy atom. The molecule has 2 aromatic heterocycles. The molecule has 0 bridgehead atoms. The van der Waals surface area contributed by atoms with E-state index in [2.05, 4.69) is 20.5 Å². The highest BCUT2D eigenvalue weighted by Crippen LogP contribution is 2.28. The second kappa shape index (κ2) is 7.75. The van der Waals surface area contributed by atoms with Crippen LogP contribution in [0.1, 0.15) is 18.5 Å². The van der Waals surface area contributed by atoms with Crippen LogP contribution >= 0.6 is 23.1 Å². The standard InChI is InChI=1S/C14H18N4O2S2/c1-19-12-6-2-4-10(16-12)9-21-14-18-17-13(22-14)15-8-11-5-3-7-20-11/h2,4,6,11H,3,5,7-9H2,1H3,(H,15,17)/t11-/m0/s1. The first-order valence-corrected chi connectivity index (χ1v) is 8.95. The summed E-state index contributed by atoms with van der Waals surface area (Å²) in [7, 11) is 1.62. The van der Waals surface area contributed by atoms with E-state index < -0.39 is 0 Å². The van der Waals surface area contributed by atoms with E-state index in [1.807, 2.05) is 18.2 Å². The van der Waals surface area contributed by atoms with E-state index in [1.165, 1.54) is 0 Å². The molecule has 8 heteroatoms. The molecule has 0 unspecified atom stereocenters. The number of nitrogens with zero attached hydrogens (tertiary/aromatic N) is 3. The molecule has 1 aliphatic rings. The van der Waals surface area contributed by atoms with E-state index in [9.17, 15) is 0 Å². The van der Waals surface area contributed by atoms with Gasteiger partial charge in [-0.05, 0) is 18.9 Å². The van der Waals surface area contributed by atoms with Gasteiger partial charge in [-0.1, -0.05) is 29.2 Å². The molecular formula is C14H18N4O2S2. The lowest BCUT2D eigenvalue weighted by Crippen LogP contribution is -2.18. The lowest BCUT2D eigenvalue weighted by atomic mass is 10.2. The van der Waals surface area contributed by atoms with Gasteiger partial charge in [-0.2, -0.15) is 0 Å². The van der Waals surface area contributed by atoms with Crippen LogP contribution in [-0.2, 0) is 10.5 Å². The molecular weight excluding hydrogens is 320 g/mol. The van der Waals surface area contributed by atoms with Crippen molar-refractivity contribution in [2.45, 2.75) is 29.0 Å². The lowest BCUT2D eigenvalue weighted by Gasteiger charge is -2.08. The number of thioether (sulfide) groups is 1. The van der Waals surface area contributed by atoms with Crippen LogP contribution in [0.3, 0.4) is 0 Å². The number of pyridine rings is 1. The van der Waals surface area contributed by atoms with Crippen molar-refractivity contribution in [3.05, 3.63) is 23.9 Å². The summed E-state index contributed by atoms with van der Waals surface area (Å²) < 4.78 is 11.6. The highest BCUT2D eigenvalue weighted by molar-refractivity contribution is 8.00. The Bertz CT molecular complexity index is 602. The van der Waals surface area contributed by atoms with Crippen LogP contribution in [0.2, 0.25) is 0 Å². The maximum absolute atomic E-state index is 5.58. The number of hydrogen-bond donors (Lipinski definition) is 1. The van der Waals surface area contributed by atoms with E-state index in [0.29, 0.717) is 12.0 Å². The summed E-state index contributed by atoms with van der Waals surface area (Å²) in [6.07, 6.45) is 2.58. The number of rotatable bonds is 7. The first-order chi connectivity index (χ1) is 10.8. The van der Waals surface area contributed by atoms with E-state index in [1.54, 1.807) is 30.2 Å². The second-order valence-corrected chi connectivity index (χ2v) is 7.05. The maximum Gasteiger partial charge on any atom is 0.213 e. The number of nitrogens with one attached hydrogen (secondary N) is 1. The number of anilines is 1. The third kappa shape index (κ3) is 4.31. The van der Waals surface area contributed by atoms with E-state index in [0.717, 1.165) is 46.9 Å². The highest BCUT2D eigenvalue weighted by Gasteiger charge is 2.15. The smallest absolute Gasteiger partial charge is 0.213 e. The van der Waals surface area contributed by atoms with Crippen LogP contribution in [0.5, 0.6) is 5.88 Å². The Balaban J connectivity index is 1.48. The predicted octanol–water partition coefficient (Wildman–Crippen LogP) is 2.82. The van der Waals surface area contributed by atoms with Crippen molar-refractivity contribution in [1.29, 1.82) is 0 Å². The largest absolute Gasteiger partial charge is 0.481 e. The van der Waals surface area contributed by atoms with Crippen LogP contribution in [0.15, 0.2) is 22.5 Å². The zero-order valence-electron chi connectivity index (χ0n) is 12.3. The molecule has 0 spiro atoms. The Morgan fingerprint density at radius 1 is 1.45 bits per heavy atom. The molecule has 0 amide bonds. The fraction of sp³-hybridized carbons (Fsp3) is 0.500. The summed E-state index contributed by atoms with van der Waals surface area (Å²) >= 11 is 3.19. The van der Waals surface area contributed by atoms with Crippen LogP contribution < -0.4 is 10.1 Å². The van der Waals surface area contributed by atoms with Crippen LogP contribution in [-0.4, -0.2) is 41.5 Å². The Morgan fingerprint density at radius 2 is 2.41 bits per heavy atom. The third-order valence-corrected chi connectivity index (χ3v) is 5.29. The van der Waals surface area contributed by atoms with Crippen molar-refractivity contribution >= 4 is 28.2 Å². The Labute approximate surface area is 137 Å². The normalized spacial score (nSPS) is 17.6. The van der Waals surface area contributed by atoms with Crippen molar-refractivity contribution in [2.24, 2.45) is 0 Å². The van der Waals surface area contributed by atoms with E-state index in [-0.39, 0.29) is 0 Å². The summed E-state index contributed by atoms with van der Waals surface area (Å²) in [5, 5.41) is 12.5. The minimum Gasteiger partial charge on any atom is -0.481 e. The molecule has 3 rings (SSSR count). The first kappa shape index (κ1) is 15.5. The number of methoxy groups -OCH3 is 1. The number of aromatic nitrogens is 3. The minimum absolute atomic E-state index is 0.306. The van der Waals surface area contributed by atoms with Gasteiger partial charge in [0.2, 0.25) is 11.0 Å². The minimum atomic E-state index is 0.306. The summed E-state index contributed by atoms with van der Waals surface area (Å²) in [4.78, 5) is 4.38. The zero-order valence-corrected chi connectivity index (χ0v) is 14.0. The van der Waals surface area contributed by atoms with Gasteiger partial charge in [-0.25, -0.2) is 4.98 Å². The Kier molecular flexibility index (Phi) is 5.47. The van der Waals surface area contributed by atoms with Gasteiger partial charge < -0.3 is 14.8 Å².